The van der Waals surface area contributed by atoms with Gasteiger partial charge in [0.2, 0.25) is 6.79 Å². The normalized spacial score (nSPS) is 13.1. The SMILES string of the molecule is CC(NC(=O)COC(=O)c1cc2ccccc2oc1=O)c1ccc2c(c1)OCO2. The van der Waals surface area contributed by atoms with E-state index in [0.29, 0.717) is 22.5 Å². The molecule has 0 fully saturated rings. The van der Waals surface area contributed by atoms with Gasteiger partial charge in [0.25, 0.3) is 5.91 Å². The molecule has 0 aliphatic carbocycles. The van der Waals surface area contributed by atoms with E-state index >= 15 is 0 Å². The Bertz CT molecular complexity index is 1150. The van der Waals surface area contributed by atoms with Gasteiger partial charge in [-0.3, -0.25) is 4.79 Å². The first-order chi connectivity index (χ1) is 14.0. The molecule has 0 radical (unpaired) electrons. The van der Waals surface area contributed by atoms with Gasteiger partial charge in [-0.25, -0.2) is 9.59 Å². The number of ether oxygens (including phenoxy) is 3. The zero-order chi connectivity index (χ0) is 20.4. The van der Waals surface area contributed by atoms with Crippen molar-refractivity contribution >= 4 is 22.8 Å². The van der Waals surface area contributed by atoms with Gasteiger partial charge < -0.3 is 23.9 Å². The molecule has 1 atom stereocenters. The second-order valence-electron chi connectivity index (χ2n) is 6.46. The summed E-state index contributed by atoms with van der Waals surface area (Å²) >= 11 is 0. The van der Waals surface area contributed by atoms with Crippen molar-refractivity contribution in [1.82, 2.24) is 5.32 Å². The second kappa shape index (κ2) is 7.67. The number of nitrogens with one attached hydrogen (secondary N) is 1. The van der Waals surface area contributed by atoms with Crippen molar-refractivity contribution in [3.63, 3.8) is 0 Å². The van der Waals surface area contributed by atoms with E-state index in [2.05, 4.69) is 5.32 Å². The van der Waals surface area contributed by atoms with E-state index in [9.17, 15) is 14.4 Å². The van der Waals surface area contributed by atoms with Gasteiger partial charge in [-0.05, 0) is 36.8 Å². The summed E-state index contributed by atoms with van der Waals surface area (Å²) in [4.78, 5) is 36.3. The van der Waals surface area contributed by atoms with Crippen LogP contribution in [0.25, 0.3) is 11.0 Å². The second-order valence-corrected chi connectivity index (χ2v) is 6.46. The molecule has 0 bridgehead atoms. The molecule has 3 aromatic rings. The minimum absolute atomic E-state index is 0.165. The Kier molecular flexibility index (Phi) is 4.90. The minimum atomic E-state index is -0.921. The molecule has 0 spiro atoms. The maximum atomic E-state index is 12.2. The van der Waals surface area contributed by atoms with E-state index in [1.165, 1.54) is 6.07 Å². The van der Waals surface area contributed by atoms with Crippen molar-refractivity contribution in [2.24, 2.45) is 0 Å². The average molecular weight is 395 g/mol. The van der Waals surface area contributed by atoms with Crippen LogP contribution >= 0.6 is 0 Å². The number of carbonyl (C=O) groups excluding carboxylic acids is 2. The molecule has 148 valence electrons. The van der Waals surface area contributed by atoms with Gasteiger partial charge in [-0.2, -0.15) is 0 Å². The summed E-state index contributed by atoms with van der Waals surface area (Å²) in [6, 6.07) is 13.2. The van der Waals surface area contributed by atoms with Gasteiger partial charge in [-0.1, -0.05) is 24.3 Å². The van der Waals surface area contributed by atoms with Crippen LogP contribution in [0.4, 0.5) is 0 Å². The highest BCUT2D eigenvalue weighted by Crippen LogP contribution is 2.34. The van der Waals surface area contributed by atoms with E-state index in [4.69, 9.17) is 18.6 Å². The first-order valence-corrected chi connectivity index (χ1v) is 8.90. The molecule has 29 heavy (non-hydrogen) atoms. The number of fused-ring (bicyclic) bond motifs is 2. The van der Waals surface area contributed by atoms with Crippen molar-refractivity contribution in [2.45, 2.75) is 13.0 Å². The monoisotopic (exact) mass is 395 g/mol. The first kappa shape index (κ1) is 18.5. The average Bonchev–Trinajstić information content (AvgIpc) is 3.19. The highest BCUT2D eigenvalue weighted by molar-refractivity contribution is 5.94. The quantitative estimate of drug-likeness (QED) is 0.523. The molecular formula is C21H17NO7. The predicted octanol–water partition coefficient (Wildman–Crippen LogP) is 2.56. The molecule has 8 nitrogen and oxygen atoms in total. The summed E-state index contributed by atoms with van der Waals surface area (Å²) in [5.41, 5.74) is 0.0941. The number of rotatable bonds is 5. The van der Waals surface area contributed by atoms with Crippen LogP contribution in [-0.4, -0.2) is 25.3 Å². The molecule has 1 unspecified atom stereocenters. The summed E-state index contributed by atoms with van der Waals surface area (Å²) in [6.07, 6.45) is 0. The van der Waals surface area contributed by atoms with Gasteiger partial charge in [0.1, 0.15) is 11.1 Å². The predicted molar refractivity (Wildman–Crippen MR) is 102 cm³/mol. The highest BCUT2D eigenvalue weighted by atomic mass is 16.7. The van der Waals surface area contributed by atoms with Crippen LogP contribution < -0.4 is 20.4 Å². The lowest BCUT2D eigenvalue weighted by Crippen LogP contribution is -2.31. The third kappa shape index (κ3) is 3.91. The van der Waals surface area contributed by atoms with Crippen LogP contribution in [0.5, 0.6) is 11.5 Å². The summed E-state index contributed by atoms with van der Waals surface area (Å²) < 4.78 is 20.7. The molecular weight excluding hydrogens is 378 g/mol. The smallest absolute Gasteiger partial charge is 0.351 e. The third-order valence-corrected chi connectivity index (χ3v) is 4.47. The molecule has 0 saturated carbocycles. The van der Waals surface area contributed by atoms with Crippen LogP contribution in [0.2, 0.25) is 0 Å². The lowest BCUT2D eigenvalue weighted by Gasteiger charge is -2.15. The Morgan fingerprint density at radius 3 is 2.76 bits per heavy atom. The topological polar surface area (TPSA) is 104 Å². The number of amides is 1. The van der Waals surface area contributed by atoms with E-state index in [1.54, 1.807) is 43.3 Å². The maximum absolute atomic E-state index is 12.2. The van der Waals surface area contributed by atoms with E-state index in [0.717, 1.165) is 5.56 Å². The highest BCUT2D eigenvalue weighted by Gasteiger charge is 2.19. The van der Waals surface area contributed by atoms with Gasteiger partial charge in [0.05, 0.1) is 6.04 Å². The van der Waals surface area contributed by atoms with Gasteiger partial charge in [0.15, 0.2) is 18.1 Å². The summed E-state index contributed by atoms with van der Waals surface area (Å²) in [5.74, 6) is -0.169. The van der Waals surface area contributed by atoms with Crippen LogP contribution in [-0.2, 0) is 9.53 Å². The number of benzene rings is 2. The van der Waals surface area contributed by atoms with Crippen LogP contribution in [0.15, 0.2) is 57.7 Å². The van der Waals surface area contributed by atoms with Gasteiger partial charge in [0, 0.05) is 5.39 Å². The fraction of sp³-hybridized carbons (Fsp3) is 0.190. The molecule has 0 saturated heterocycles. The van der Waals surface area contributed by atoms with Crippen molar-refractivity contribution in [3.8, 4) is 11.5 Å². The Labute approximate surface area is 165 Å². The molecule has 4 rings (SSSR count). The Morgan fingerprint density at radius 2 is 1.90 bits per heavy atom. The molecule has 1 aliphatic rings. The minimum Gasteiger partial charge on any atom is -0.454 e. The lowest BCUT2D eigenvalue weighted by atomic mass is 10.1. The number of hydrogen-bond acceptors (Lipinski definition) is 7. The van der Waals surface area contributed by atoms with Crippen molar-refractivity contribution in [1.29, 1.82) is 0 Å². The molecule has 1 aliphatic heterocycles. The molecule has 8 heteroatoms. The maximum Gasteiger partial charge on any atom is 0.351 e. The Balaban J connectivity index is 1.37. The summed E-state index contributed by atoms with van der Waals surface area (Å²) in [7, 11) is 0. The van der Waals surface area contributed by atoms with Crippen LogP contribution in [0, 0.1) is 0 Å². The fourth-order valence-electron chi connectivity index (χ4n) is 2.96. The van der Waals surface area contributed by atoms with Crippen molar-refractivity contribution in [2.75, 3.05) is 13.4 Å². The zero-order valence-electron chi connectivity index (χ0n) is 15.5. The number of esters is 1. The third-order valence-electron chi connectivity index (χ3n) is 4.47. The largest absolute Gasteiger partial charge is 0.454 e. The van der Waals surface area contributed by atoms with E-state index in [1.807, 2.05) is 6.07 Å². The van der Waals surface area contributed by atoms with Gasteiger partial charge in [-0.15, -0.1) is 0 Å². The molecule has 1 N–H and O–H groups in total. The molecule has 2 heterocycles. The van der Waals surface area contributed by atoms with Crippen LogP contribution in [0.1, 0.15) is 28.9 Å². The number of para-hydroxylation sites is 1. The number of carbonyl (C=O) groups is 2. The molecule has 1 aromatic heterocycles. The van der Waals surface area contributed by atoms with Gasteiger partial charge >= 0.3 is 11.6 Å². The fourth-order valence-corrected chi connectivity index (χ4v) is 2.96. The Morgan fingerprint density at radius 1 is 1.10 bits per heavy atom. The van der Waals surface area contributed by atoms with Crippen molar-refractivity contribution in [3.05, 3.63) is 70.1 Å². The first-order valence-electron chi connectivity index (χ1n) is 8.90. The van der Waals surface area contributed by atoms with E-state index < -0.39 is 24.1 Å². The number of hydrogen-bond donors (Lipinski definition) is 1. The standard InChI is InChI=1S/C21H17NO7/c1-12(13-6-7-17-18(9-13)28-11-27-17)22-19(23)10-26-20(24)15-8-14-4-2-3-5-16(14)29-21(15)25/h2-9,12H,10-11H2,1H3,(H,22,23). The lowest BCUT2D eigenvalue weighted by molar-refractivity contribution is -0.124. The zero-order valence-corrected chi connectivity index (χ0v) is 15.5. The molecule has 2 aromatic carbocycles. The Hall–Kier alpha value is -3.81. The van der Waals surface area contributed by atoms with E-state index in [-0.39, 0.29) is 18.4 Å². The molecule has 1 amide bonds. The van der Waals surface area contributed by atoms with Crippen molar-refractivity contribution < 1.29 is 28.2 Å². The summed E-state index contributed by atoms with van der Waals surface area (Å²) in [5, 5.41) is 3.31. The summed E-state index contributed by atoms with van der Waals surface area (Å²) in [6.45, 7) is 1.42. The van der Waals surface area contributed by atoms with Crippen LogP contribution in [0.3, 0.4) is 0 Å².